The lowest BCUT2D eigenvalue weighted by atomic mass is 9.99. The summed E-state index contributed by atoms with van der Waals surface area (Å²) < 4.78 is 0. The van der Waals surface area contributed by atoms with Gasteiger partial charge in [-0.3, -0.25) is 19.8 Å². The van der Waals surface area contributed by atoms with E-state index in [4.69, 9.17) is 11.5 Å². The number of nitrogens with one attached hydrogen (secondary N) is 1. The number of carbonyl (C=O) groups excluding carboxylic acids is 2. The summed E-state index contributed by atoms with van der Waals surface area (Å²) in [6.07, 6.45) is 4.94. The predicted octanol–water partition coefficient (Wildman–Crippen LogP) is 4.25. The second-order valence-corrected chi connectivity index (χ2v) is 10.1. The van der Waals surface area contributed by atoms with Gasteiger partial charge in [-0.15, -0.1) is 11.3 Å². The van der Waals surface area contributed by atoms with Gasteiger partial charge in [-0.2, -0.15) is 0 Å². The molecule has 0 unspecified atom stereocenters. The highest BCUT2D eigenvalue weighted by Gasteiger charge is 2.33. The van der Waals surface area contributed by atoms with Gasteiger partial charge in [0.15, 0.2) is 0 Å². The van der Waals surface area contributed by atoms with E-state index in [1.807, 2.05) is 24.3 Å². The highest BCUT2D eigenvalue weighted by Crippen LogP contribution is 2.36. The first-order valence-corrected chi connectivity index (χ1v) is 12.0. The number of anilines is 1. The second-order valence-electron chi connectivity index (χ2n) is 9.00. The van der Waals surface area contributed by atoms with Gasteiger partial charge in [-0.25, -0.2) is 4.79 Å². The molecular weight excluding hydrogens is 440 g/mol. The first-order valence-electron chi connectivity index (χ1n) is 11.2. The third-order valence-corrected chi connectivity index (χ3v) is 7.11. The molecule has 1 heterocycles. The number of primary amides is 2. The molecule has 0 saturated heterocycles. The summed E-state index contributed by atoms with van der Waals surface area (Å²) in [6.45, 7) is 4.68. The molecule has 1 aromatic heterocycles. The Bertz CT molecular complexity index is 996. The third kappa shape index (κ3) is 6.33. The number of aliphatic carboxylic acids is 1. The summed E-state index contributed by atoms with van der Waals surface area (Å²) >= 11 is 1.22. The minimum Gasteiger partial charge on any atom is -0.480 e. The van der Waals surface area contributed by atoms with Gasteiger partial charge in [-0.1, -0.05) is 51.0 Å². The molecule has 6 N–H and O–H groups in total. The van der Waals surface area contributed by atoms with E-state index in [9.17, 15) is 19.5 Å². The van der Waals surface area contributed by atoms with Crippen LogP contribution in [0.25, 0.3) is 10.4 Å². The van der Waals surface area contributed by atoms with E-state index in [2.05, 4.69) is 24.1 Å². The minimum atomic E-state index is -0.765. The summed E-state index contributed by atoms with van der Waals surface area (Å²) in [5.41, 5.74) is 12.7. The maximum absolute atomic E-state index is 12.1. The number of nitrogens with two attached hydrogens (primary N) is 2. The van der Waals surface area contributed by atoms with Crippen LogP contribution in [0, 0.1) is 5.92 Å². The number of carboxylic acids is 1. The average Bonchev–Trinajstić information content (AvgIpc) is 3.40. The average molecular weight is 473 g/mol. The standard InChI is InChI=1S/C24H32N4O4S/c1-14(2)11-19(23(30)31)28(17-5-3-4-6-17)13-15-7-9-16(10-8-15)20-12-18(21(25)29)22(33-20)27-24(26)32/h7-10,12,14,17,19H,3-6,11,13H2,1-2H3,(H2,25,29)(H,30,31)(H3,26,27,32)/t19-/m0/s1. The molecular formula is C24H32N4O4S. The van der Waals surface area contributed by atoms with Crippen LogP contribution in [0.3, 0.4) is 0 Å². The highest BCUT2D eigenvalue weighted by atomic mass is 32.1. The number of benzene rings is 1. The molecule has 0 spiro atoms. The van der Waals surface area contributed by atoms with E-state index in [1.54, 1.807) is 6.07 Å². The van der Waals surface area contributed by atoms with Gasteiger partial charge in [-0.05, 0) is 42.4 Å². The normalized spacial score (nSPS) is 15.2. The molecule has 1 atom stereocenters. The van der Waals surface area contributed by atoms with Crippen molar-refractivity contribution in [3.63, 3.8) is 0 Å². The molecule has 1 fully saturated rings. The zero-order chi connectivity index (χ0) is 24.1. The van der Waals surface area contributed by atoms with Crippen LogP contribution < -0.4 is 16.8 Å². The van der Waals surface area contributed by atoms with Gasteiger partial charge < -0.3 is 16.6 Å². The van der Waals surface area contributed by atoms with Gasteiger partial charge in [0.2, 0.25) is 0 Å². The quantitative estimate of drug-likeness (QED) is 0.409. The Labute approximate surface area is 198 Å². The molecule has 3 rings (SSSR count). The molecule has 2 aromatic rings. The number of hydrogen-bond donors (Lipinski definition) is 4. The number of carbonyl (C=O) groups is 3. The van der Waals surface area contributed by atoms with Crippen molar-refractivity contribution in [1.82, 2.24) is 4.90 Å². The zero-order valence-corrected chi connectivity index (χ0v) is 19.9. The number of rotatable bonds is 10. The SMILES string of the molecule is CC(C)C[C@@H](C(=O)O)N(Cc1ccc(-c2cc(C(N)=O)c(NC(N)=O)s2)cc1)C1CCCC1. The van der Waals surface area contributed by atoms with E-state index in [-0.39, 0.29) is 11.6 Å². The number of thiophene rings is 1. The summed E-state index contributed by atoms with van der Waals surface area (Å²) in [7, 11) is 0. The Kier molecular flexibility index (Phi) is 8.10. The van der Waals surface area contributed by atoms with Crippen LogP contribution in [0.15, 0.2) is 30.3 Å². The number of hydrogen-bond acceptors (Lipinski definition) is 5. The van der Waals surface area contributed by atoms with Crippen LogP contribution in [0.1, 0.15) is 61.9 Å². The van der Waals surface area contributed by atoms with Crippen LogP contribution >= 0.6 is 11.3 Å². The summed E-state index contributed by atoms with van der Waals surface area (Å²) in [6, 6.07) is 8.49. The lowest BCUT2D eigenvalue weighted by molar-refractivity contribution is -0.145. The van der Waals surface area contributed by atoms with Crippen LogP contribution in [0.4, 0.5) is 9.80 Å². The highest BCUT2D eigenvalue weighted by molar-refractivity contribution is 7.20. The van der Waals surface area contributed by atoms with Crippen LogP contribution in [0.2, 0.25) is 0 Å². The zero-order valence-electron chi connectivity index (χ0n) is 19.0. The monoisotopic (exact) mass is 472 g/mol. The molecule has 1 aliphatic rings. The van der Waals surface area contributed by atoms with Crippen LogP contribution in [-0.4, -0.2) is 40.0 Å². The maximum atomic E-state index is 12.1. The van der Waals surface area contributed by atoms with Crippen molar-refractivity contribution in [1.29, 1.82) is 0 Å². The van der Waals surface area contributed by atoms with Gasteiger partial charge in [0.25, 0.3) is 5.91 Å². The first-order chi connectivity index (χ1) is 15.7. The number of nitrogens with zero attached hydrogens (tertiary/aromatic N) is 1. The van der Waals surface area contributed by atoms with Crippen molar-refractivity contribution in [2.24, 2.45) is 17.4 Å². The molecule has 0 radical (unpaired) electrons. The number of urea groups is 1. The Morgan fingerprint density at radius 2 is 1.79 bits per heavy atom. The van der Waals surface area contributed by atoms with Crippen molar-refractivity contribution in [2.45, 2.75) is 64.6 Å². The fourth-order valence-electron chi connectivity index (χ4n) is 4.46. The Hall–Kier alpha value is -2.91. The third-order valence-electron chi connectivity index (χ3n) is 6.01. The predicted molar refractivity (Wildman–Crippen MR) is 130 cm³/mol. The molecule has 178 valence electrons. The smallest absolute Gasteiger partial charge is 0.320 e. The molecule has 8 nitrogen and oxygen atoms in total. The number of carboxylic acid groups (broad SMARTS) is 1. The molecule has 9 heteroatoms. The van der Waals surface area contributed by atoms with Crippen molar-refractivity contribution >= 4 is 34.2 Å². The van der Waals surface area contributed by atoms with E-state index < -0.39 is 23.9 Å². The lowest BCUT2D eigenvalue weighted by Gasteiger charge is -2.35. The van der Waals surface area contributed by atoms with Crippen molar-refractivity contribution < 1.29 is 19.5 Å². The van der Waals surface area contributed by atoms with Crippen molar-refractivity contribution in [3.05, 3.63) is 41.5 Å². The summed E-state index contributed by atoms with van der Waals surface area (Å²) in [5, 5.41) is 12.7. The van der Waals surface area contributed by atoms with Gasteiger partial charge in [0.05, 0.1) is 5.56 Å². The molecule has 1 saturated carbocycles. The van der Waals surface area contributed by atoms with Gasteiger partial charge in [0.1, 0.15) is 11.0 Å². The topological polar surface area (TPSA) is 139 Å². The Morgan fingerprint density at radius 3 is 2.30 bits per heavy atom. The maximum Gasteiger partial charge on any atom is 0.320 e. The van der Waals surface area contributed by atoms with E-state index in [1.165, 1.54) is 11.3 Å². The number of amides is 3. The largest absolute Gasteiger partial charge is 0.480 e. The van der Waals surface area contributed by atoms with Gasteiger partial charge in [0, 0.05) is 17.5 Å². The molecule has 0 bridgehead atoms. The summed E-state index contributed by atoms with van der Waals surface area (Å²) in [5.74, 6) is -1.12. The fraction of sp³-hybridized carbons (Fsp3) is 0.458. The van der Waals surface area contributed by atoms with Gasteiger partial charge >= 0.3 is 12.0 Å². The molecule has 0 aliphatic heterocycles. The molecule has 3 amide bonds. The molecule has 1 aliphatic carbocycles. The summed E-state index contributed by atoms with van der Waals surface area (Å²) in [4.78, 5) is 38.0. The van der Waals surface area contributed by atoms with Crippen LogP contribution in [-0.2, 0) is 11.3 Å². The Balaban J connectivity index is 1.84. The second kappa shape index (κ2) is 10.8. The van der Waals surface area contributed by atoms with Crippen molar-refractivity contribution in [3.8, 4) is 10.4 Å². The lowest BCUT2D eigenvalue weighted by Crippen LogP contribution is -2.46. The van der Waals surface area contributed by atoms with E-state index in [0.717, 1.165) is 41.7 Å². The fourth-order valence-corrected chi connectivity index (χ4v) is 5.53. The minimum absolute atomic E-state index is 0.211. The van der Waals surface area contributed by atoms with E-state index >= 15 is 0 Å². The molecule has 33 heavy (non-hydrogen) atoms. The van der Waals surface area contributed by atoms with Crippen molar-refractivity contribution in [2.75, 3.05) is 5.32 Å². The molecule has 1 aromatic carbocycles. The first kappa shape index (κ1) is 24.7. The Morgan fingerprint density at radius 1 is 1.15 bits per heavy atom. The van der Waals surface area contributed by atoms with Crippen LogP contribution in [0.5, 0.6) is 0 Å². The van der Waals surface area contributed by atoms with E-state index in [0.29, 0.717) is 23.9 Å².